The zero-order valence-electron chi connectivity index (χ0n) is 21.4. The smallest absolute Gasteiger partial charge is 0.410 e. The number of amides is 1. The summed E-state index contributed by atoms with van der Waals surface area (Å²) in [6.07, 6.45) is 0.563. The number of carbonyl (C=O) groups is 1. The third kappa shape index (κ3) is 7.08. The van der Waals surface area contributed by atoms with E-state index in [1.54, 1.807) is 0 Å². The summed E-state index contributed by atoms with van der Waals surface area (Å²) in [7, 11) is -3.89. The van der Waals surface area contributed by atoms with Gasteiger partial charge in [-0.05, 0) is 63.5 Å². The zero-order valence-corrected chi connectivity index (χ0v) is 23.4. The van der Waals surface area contributed by atoms with Crippen LogP contribution in [0.1, 0.15) is 68.7 Å². The minimum atomic E-state index is -1.96. The summed E-state index contributed by atoms with van der Waals surface area (Å²) in [6.45, 7) is 29.4. The fraction of sp³-hybridized carbons (Fsp3) is 0.955. The van der Waals surface area contributed by atoms with Gasteiger partial charge in [0, 0.05) is 6.54 Å². The van der Waals surface area contributed by atoms with E-state index in [-0.39, 0.29) is 28.3 Å². The molecule has 1 aliphatic rings. The second kappa shape index (κ2) is 8.63. The largest absolute Gasteiger partial charge is 0.444 e. The van der Waals surface area contributed by atoms with Crippen molar-refractivity contribution < 1.29 is 18.4 Å². The molecule has 2 atom stereocenters. The van der Waals surface area contributed by atoms with E-state index in [1.165, 1.54) is 0 Å². The van der Waals surface area contributed by atoms with Crippen LogP contribution >= 0.6 is 0 Å². The molecule has 29 heavy (non-hydrogen) atoms. The van der Waals surface area contributed by atoms with Crippen LogP contribution in [-0.4, -0.2) is 58.5 Å². The quantitative estimate of drug-likeness (QED) is 0.459. The van der Waals surface area contributed by atoms with Gasteiger partial charge in [-0.15, -0.1) is 0 Å². The molecule has 0 aromatic rings. The third-order valence-electron chi connectivity index (χ3n) is 6.79. The molecule has 0 N–H and O–H groups in total. The molecule has 0 aliphatic carbocycles. The highest BCUT2D eigenvalue weighted by molar-refractivity contribution is 6.74. The van der Waals surface area contributed by atoms with Gasteiger partial charge in [0.15, 0.2) is 16.6 Å². The molecule has 1 heterocycles. The van der Waals surface area contributed by atoms with Gasteiger partial charge in [-0.2, -0.15) is 0 Å². The predicted octanol–water partition coefficient (Wildman–Crippen LogP) is 6.41. The Morgan fingerprint density at radius 2 is 1.38 bits per heavy atom. The van der Waals surface area contributed by atoms with Gasteiger partial charge < -0.3 is 18.5 Å². The average molecular weight is 446 g/mol. The number of carbonyl (C=O) groups excluding carboxylic acids is 1. The summed E-state index contributed by atoms with van der Waals surface area (Å²) < 4.78 is 19.0. The Bertz CT molecular complexity index is 571. The van der Waals surface area contributed by atoms with Gasteiger partial charge in [-0.25, -0.2) is 4.79 Å². The molecule has 5 nitrogen and oxygen atoms in total. The molecule has 2 unspecified atom stereocenters. The Kier molecular flexibility index (Phi) is 7.94. The lowest BCUT2D eigenvalue weighted by Crippen LogP contribution is -2.52. The van der Waals surface area contributed by atoms with Gasteiger partial charge in [0.1, 0.15) is 5.60 Å². The van der Waals surface area contributed by atoms with Gasteiger partial charge in [0.25, 0.3) is 0 Å². The molecular formula is C22H47NO4Si2. The van der Waals surface area contributed by atoms with Crippen LogP contribution in [0.3, 0.4) is 0 Å². The molecule has 1 amide bonds. The van der Waals surface area contributed by atoms with E-state index >= 15 is 0 Å². The van der Waals surface area contributed by atoms with Crippen molar-refractivity contribution >= 4 is 22.7 Å². The second-order valence-electron chi connectivity index (χ2n) is 12.5. The summed E-state index contributed by atoms with van der Waals surface area (Å²) >= 11 is 0. The van der Waals surface area contributed by atoms with Crippen molar-refractivity contribution in [3.8, 4) is 0 Å². The second-order valence-corrected chi connectivity index (χ2v) is 22.1. The normalized spacial score (nSPS) is 22.2. The summed E-state index contributed by atoms with van der Waals surface area (Å²) in [5, 5.41) is 0.245. The maximum atomic E-state index is 12.9. The molecule has 7 heteroatoms. The number of rotatable bonds is 5. The van der Waals surface area contributed by atoms with Crippen LogP contribution in [-0.2, 0) is 13.6 Å². The molecule has 1 aliphatic heterocycles. The fourth-order valence-electron chi connectivity index (χ4n) is 2.77. The standard InChI is InChI=1S/C22H47NO4Si2/c1-20(2,3)26-19(24)23-15-14-18(27-29(12,13)22(7,8)9)17(23)16-25-28(10,11)21(4,5)6/h17-18H,14-16H2,1-13H3. The lowest BCUT2D eigenvalue weighted by Gasteiger charge is -2.42. The zero-order chi connectivity index (χ0) is 23.1. The summed E-state index contributed by atoms with van der Waals surface area (Å²) in [6, 6.07) is -0.104. The Hall–Kier alpha value is -0.376. The number of likely N-dealkylation sites (tertiary alicyclic amines) is 1. The van der Waals surface area contributed by atoms with Gasteiger partial charge in [-0.3, -0.25) is 0 Å². The van der Waals surface area contributed by atoms with E-state index in [1.807, 2.05) is 25.7 Å². The third-order valence-corrected chi connectivity index (χ3v) is 15.8. The molecule has 0 aromatic heterocycles. The molecule has 1 fully saturated rings. The number of ether oxygens (including phenoxy) is 1. The van der Waals surface area contributed by atoms with E-state index in [2.05, 4.69) is 67.7 Å². The van der Waals surface area contributed by atoms with E-state index in [0.29, 0.717) is 13.2 Å². The van der Waals surface area contributed by atoms with Crippen molar-refractivity contribution in [3.63, 3.8) is 0 Å². The summed E-state index contributed by atoms with van der Waals surface area (Å²) in [5.74, 6) is 0. The first kappa shape index (κ1) is 26.7. The number of nitrogens with zero attached hydrogens (tertiary/aromatic N) is 1. The summed E-state index contributed by atoms with van der Waals surface area (Å²) in [4.78, 5) is 14.8. The highest BCUT2D eigenvalue weighted by atomic mass is 28.4. The Morgan fingerprint density at radius 3 is 1.79 bits per heavy atom. The molecule has 0 bridgehead atoms. The molecule has 172 valence electrons. The average Bonchev–Trinajstić information content (AvgIpc) is 2.83. The van der Waals surface area contributed by atoms with Crippen molar-refractivity contribution in [2.75, 3.05) is 13.2 Å². The minimum absolute atomic E-state index is 0.00632. The van der Waals surface area contributed by atoms with Crippen molar-refractivity contribution in [2.24, 2.45) is 0 Å². The molecule has 0 aromatic carbocycles. The van der Waals surface area contributed by atoms with E-state index in [0.717, 1.165) is 6.42 Å². The Labute approximate surface area is 182 Å². The van der Waals surface area contributed by atoms with Crippen LogP contribution in [0.15, 0.2) is 0 Å². The van der Waals surface area contributed by atoms with Crippen molar-refractivity contribution in [3.05, 3.63) is 0 Å². The summed E-state index contributed by atoms with van der Waals surface area (Å²) in [5.41, 5.74) is -0.514. The van der Waals surface area contributed by atoms with Crippen LogP contribution in [0.5, 0.6) is 0 Å². The lowest BCUT2D eigenvalue weighted by molar-refractivity contribution is 0.00888. The molecule has 0 radical (unpaired) electrons. The van der Waals surface area contributed by atoms with E-state index in [4.69, 9.17) is 13.6 Å². The highest BCUT2D eigenvalue weighted by Crippen LogP contribution is 2.41. The first-order chi connectivity index (χ1) is 12.7. The topological polar surface area (TPSA) is 48.0 Å². The SMILES string of the molecule is CC(C)(C)OC(=O)N1CCC(O[Si](C)(C)C(C)(C)C)C1CO[Si](C)(C)C(C)(C)C. The van der Waals surface area contributed by atoms with Crippen molar-refractivity contribution in [1.82, 2.24) is 4.90 Å². The fourth-order valence-corrected chi connectivity index (χ4v) is 5.18. The van der Waals surface area contributed by atoms with Gasteiger partial charge in [0.2, 0.25) is 0 Å². The first-order valence-corrected chi connectivity index (χ1v) is 16.8. The van der Waals surface area contributed by atoms with Crippen LogP contribution in [0.4, 0.5) is 4.79 Å². The van der Waals surface area contributed by atoms with Crippen LogP contribution in [0.25, 0.3) is 0 Å². The maximum Gasteiger partial charge on any atom is 0.410 e. The van der Waals surface area contributed by atoms with E-state index < -0.39 is 22.2 Å². The first-order valence-electron chi connectivity index (χ1n) is 11.0. The lowest BCUT2D eigenvalue weighted by atomic mass is 10.2. The molecule has 0 saturated carbocycles. The molecule has 1 saturated heterocycles. The van der Waals surface area contributed by atoms with E-state index in [9.17, 15) is 4.79 Å². The van der Waals surface area contributed by atoms with Crippen molar-refractivity contribution in [1.29, 1.82) is 0 Å². The molecule has 1 rings (SSSR count). The van der Waals surface area contributed by atoms with Crippen molar-refractivity contribution in [2.45, 2.75) is 123 Å². The molecular weight excluding hydrogens is 398 g/mol. The monoisotopic (exact) mass is 445 g/mol. The predicted molar refractivity (Wildman–Crippen MR) is 127 cm³/mol. The number of hydrogen-bond acceptors (Lipinski definition) is 4. The van der Waals surface area contributed by atoms with Crippen LogP contribution in [0.2, 0.25) is 36.3 Å². The minimum Gasteiger partial charge on any atom is -0.444 e. The van der Waals surface area contributed by atoms with Gasteiger partial charge in [0.05, 0.1) is 18.8 Å². The van der Waals surface area contributed by atoms with Gasteiger partial charge in [-0.1, -0.05) is 41.5 Å². The Morgan fingerprint density at radius 1 is 0.897 bits per heavy atom. The highest BCUT2D eigenvalue weighted by Gasteiger charge is 2.47. The number of hydrogen-bond donors (Lipinski definition) is 0. The van der Waals surface area contributed by atoms with Crippen LogP contribution < -0.4 is 0 Å². The Balaban J connectivity index is 3.08. The maximum absolute atomic E-state index is 12.9. The van der Waals surface area contributed by atoms with Crippen LogP contribution in [0, 0.1) is 0 Å². The molecule has 0 spiro atoms. The van der Waals surface area contributed by atoms with Gasteiger partial charge >= 0.3 is 6.09 Å².